The number of benzene rings is 2. The minimum absolute atomic E-state index is 0.270. The molecule has 2 rings (SSSR count). The van der Waals surface area contributed by atoms with Gasteiger partial charge in [-0.2, -0.15) is 0 Å². The molecule has 102 valence electrons. The van der Waals surface area contributed by atoms with Gasteiger partial charge in [-0.25, -0.2) is 8.42 Å². The van der Waals surface area contributed by atoms with Crippen molar-refractivity contribution in [2.45, 2.75) is 25.7 Å². The predicted molar refractivity (Wildman–Crippen MR) is 79.8 cm³/mol. The number of hydrogen-bond acceptors (Lipinski definition) is 2. The van der Waals surface area contributed by atoms with Crippen LogP contribution in [-0.2, 0) is 10.0 Å². The fourth-order valence-electron chi connectivity index (χ4n) is 1.44. The summed E-state index contributed by atoms with van der Waals surface area (Å²) in [5.74, 6) is 0. The van der Waals surface area contributed by atoms with Crippen molar-refractivity contribution in [3.8, 4) is 0 Å². The van der Waals surface area contributed by atoms with Crippen molar-refractivity contribution in [2.75, 3.05) is 4.72 Å². The highest BCUT2D eigenvalue weighted by Gasteiger charge is 2.12. The van der Waals surface area contributed by atoms with Crippen molar-refractivity contribution in [2.24, 2.45) is 0 Å². The predicted octanol–water partition coefficient (Wildman–Crippen LogP) is 3.82. The van der Waals surface area contributed by atoms with E-state index in [-0.39, 0.29) is 4.90 Å². The van der Waals surface area contributed by atoms with Gasteiger partial charge in [-0.15, -0.1) is 0 Å². The minimum atomic E-state index is -3.48. The Morgan fingerprint density at radius 1 is 0.842 bits per heavy atom. The Kier molecular flexibility index (Phi) is 5.57. The molecule has 0 aliphatic carbocycles. The summed E-state index contributed by atoms with van der Waals surface area (Å²) in [5.41, 5.74) is 1.59. The molecular weight excluding hydrogens is 258 g/mol. The molecule has 4 heteroatoms. The lowest BCUT2D eigenvalue weighted by atomic mass is 10.2. The first-order valence-corrected chi connectivity index (χ1v) is 7.71. The zero-order chi connectivity index (χ0) is 14.3. The van der Waals surface area contributed by atoms with Gasteiger partial charge in [0.2, 0.25) is 0 Å². The highest BCUT2D eigenvalue weighted by atomic mass is 32.2. The molecule has 19 heavy (non-hydrogen) atoms. The number of rotatable bonds is 3. The summed E-state index contributed by atoms with van der Waals surface area (Å²) in [6, 6.07) is 15.6. The van der Waals surface area contributed by atoms with Gasteiger partial charge in [-0.05, 0) is 31.2 Å². The van der Waals surface area contributed by atoms with Crippen LogP contribution in [0, 0.1) is 6.92 Å². The second kappa shape index (κ2) is 6.95. The van der Waals surface area contributed by atoms with E-state index < -0.39 is 10.0 Å². The van der Waals surface area contributed by atoms with E-state index in [4.69, 9.17) is 0 Å². The van der Waals surface area contributed by atoms with E-state index in [0.29, 0.717) is 5.69 Å². The number of para-hydroxylation sites is 1. The summed E-state index contributed by atoms with van der Waals surface area (Å²) < 4.78 is 26.5. The molecule has 0 aliphatic heterocycles. The number of hydrogen-bond donors (Lipinski definition) is 1. The second-order valence-corrected chi connectivity index (χ2v) is 5.47. The van der Waals surface area contributed by atoms with Crippen LogP contribution in [0.4, 0.5) is 5.69 Å². The largest absolute Gasteiger partial charge is 0.280 e. The quantitative estimate of drug-likeness (QED) is 0.927. The molecule has 0 aliphatic rings. The third-order valence-electron chi connectivity index (χ3n) is 2.36. The summed E-state index contributed by atoms with van der Waals surface area (Å²) in [4.78, 5) is 0.270. The number of aryl methyl sites for hydroxylation is 1. The normalized spacial score (nSPS) is 10.3. The molecule has 0 saturated heterocycles. The van der Waals surface area contributed by atoms with Gasteiger partial charge in [0.05, 0.1) is 4.90 Å². The average molecular weight is 277 g/mol. The van der Waals surface area contributed by atoms with Crippen LogP contribution in [0.5, 0.6) is 0 Å². The van der Waals surface area contributed by atoms with Crippen molar-refractivity contribution in [1.29, 1.82) is 0 Å². The second-order valence-electron chi connectivity index (χ2n) is 3.78. The molecule has 0 atom stereocenters. The monoisotopic (exact) mass is 277 g/mol. The van der Waals surface area contributed by atoms with Crippen LogP contribution in [-0.4, -0.2) is 8.42 Å². The van der Waals surface area contributed by atoms with Gasteiger partial charge in [0.25, 0.3) is 10.0 Å². The van der Waals surface area contributed by atoms with Gasteiger partial charge >= 0.3 is 0 Å². The lowest BCUT2D eigenvalue weighted by Crippen LogP contribution is -2.12. The lowest BCUT2D eigenvalue weighted by Gasteiger charge is -2.07. The van der Waals surface area contributed by atoms with Crippen LogP contribution >= 0.6 is 0 Å². The molecule has 0 saturated carbocycles. The molecule has 0 radical (unpaired) electrons. The zero-order valence-electron chi connectivity index (χ0n) is 11.4. The first-order chi connectivity index (χ1) is 9.08. The van der Waals surface area contributed by atoms with Gasteiger partial charge in [0.15, 0.2) is 0 Å². The number of nitrogens with one attached hydrogen (secondary N) is 1. The maximum atomic E-state index is 12.0. The fraction of sp³-hybridized carbons (Fsp3) is 0.200. The smallest absolute Gasteiger partial charge is 0.261 e. The van der Waals surface area contributed by atoms with E-state index >= 15 is 0 Å². The maximum Gasteiger partial charge on any atom is 0.261 e. The Bertz CT molecular complexity index is 590. The van der Waals surface area contributed by atoms with Crippen LogP contribution in [0.1, 0.15) is 19.4 Å². The Labute approximate surface area is 115 Å². The van der Waals surface area contributed by atoms with Gasteiger partial charge in [0.1, 0.15) is 0 Å². The van der Waals surface area contributed by atoms with E-state index in [1.54, 1.807) is 48.5 Å². The van der Waals surface area contributed by atoms with Crippen LogP contribution in [0.15, 0.2) is 59.5 Å². The van der Waals surface area contributed by atoms with E-state index in [0.717, 1.165) is 5.56 Å². The van der Waals surface area contributed by atoms with Crippen molar-refractivity contribution < 1.29 is 8.42 Å². The summed E-state index contributed by atoms with van der Waals surface area (Å²) in [6.45, 7) is 5.92. The molecule has 0 aromatic heterocycles. The van der Waals surface area contributed by atoms with E-state index in [9.17, 15) is 8.42 Å². The van der Waals surface area contributed by atoms with Crippen molar-refractivity contribution >= 4 is 15.7 Å². The molecule has 0 unspecified atom stereocenters. The lowest BCUT2D eigenvalue weighted by molar-refractivity contribution is 0.601. The molecule has 0 spiro atoms. The zero-order valence-corrected chi connectivity index (χ0v) is 12.2. The average Bonchev–Trinajstić information content (AvgIpc) is 2.42. The maximum absolute atomic E-state index is 12.0. The molecule has 3 nitrogen and oxygen atoms in total. The van der Waals surface area contributed by atoms with Crippen molar-refractivity contribution in [1.82, 2.24) is 0 Å². The Balaban J connectivity index is 0.000000861. The van der Waals surface area contributed by atoms with Gasteiger partial charge < -0.3 is 0 Å². The van der Waals surface area contributed by atoms with Crippen LogP contribution in [0.2, 0.25) is 0 Å². The van der Waals surface area contributed by atoms with Crippen LogP contribution < -0.4 is 4.72 Å². The van der Waals surface area contributed by atoms with Crippen LogP contribution in [0.25, 0.3) is 0 Å². The summed E-state index contributed by atoms with van der Waals surface area (Å²) >= 11 is 0. The Morgan fingerprint density at radius 3 is 1.89 bits per heavy atom. The van der Waals surface area contributed by atoms with E-state index in [2.05, 4.69) is 4.72 Å². The molecule has 0 fully saturated rings. The third kappa shape index (κ3) is 4.41. The number of sulfonamides is 1. The van der Waals surface area contributed by atoms with E-state index in [1.807, 2.05) is 26.8 Å². The fourth-order valence-corrected chi connectivity index (χ4v) is 2.50. The molecule has 0 heterocycles. The van der Waals surface area contributed by atoms with Crippen LogP contribution in [0.3, 0.4) is 0 Å². The van der Waals surface area contributed by atoms with Crippen molar-refractivity contribution in [3.63, 3.8) is 0 Å². The summed E-state index contributed by atoms with van der Waals surface area (Å²) in [6.07, 6.45) is 0. The molecule has 2 aromatic carbocycles. The third-order valence-corrected chi connectivity index (χ3v) is 3.75. The van der Waals surface area contributed by atoms with Gasteiger partial charge in [-0.3, -0.25) is 4.72 Å². The molecule has 2 aromatic rings. The molecule has 0 bridgehead atoms. The molecule has 1 N–H and O–H groups in total. The molecule has 0 amide bonds. The Morgan fingerprint density at radius 2 is 1.37 bits per heavy atom. The number of anilines is 1. The highest BCUT2D eigenvalue weighted by Crippen LogP contribution is 2.15. The molecular formula is C15H19NO2S. The van der Waals surface area contributed by atoms with E-state index in [1.165, 1.54) is 0 Å². The summed E-state index contributed by atoms with van der Waals surface area (Å²) in [5, 5.41) is 0. The first-order valence-electron chi connectivity index (χ1n) is 6.22. The first kappa shape index (κ1) is 15.2. The standard InChI is InChI=1S/C13H13NO2S.C2H6/c1-11-7-9-13(10-8-11)17(15,16)14-12-5-3-2-4-6-12;1-2/h2-10,14H,1H3;1-2H3. The Hall–Kier alpha value is -1.81. The van der Waals surface area contributed by atoms with Gasteiger partial charge in [0, 0.05) is 5.69 Å². The highest BCUT2D eigenvalue weighted by molar-refractivity contribution is 7.92. The van der Waals surface area contributed by atoms with Gasteiger partial charge in [-0.1, -0.05) is 49.7 Å². The minimum Gasteiger partial charge on any atom is -0.280 e. The topological polar surface area (TPSA) is 46.2 Å². The van der Waals surface area contributed by atoms with Crippen molar-refractivity contribution in [3.05, 3.63) is 60.2 Å². The SMILES string of the molecule is CC.Cc1ccc(S(=O)(=O)Nc2ccccc2)cc1. The summed E-state index contributed by atoms with van der Waals surface area (Å²) in [7, 11) is -3.48.